The first kappa shape index (κ1) is 17.0. The third-order valence-electron chi connectivity index (χ3n) is 3.90. The van der Waals surface area contributed by atoms with E-state index < -0.39 is 16.1 Å². The van der Waals surface area contributed by atoms with Gasteiger partial charge in [-0.05, 0) is 30.2 Å². The SMILES string of the molecule is O=C1C(NS(=O)(=O)Cc2ccccc2Cl)CCN1c1ccccc1. The van der Waals surface area contributed by atoms with E-state index in [2.05, 4.69) is 4.72 Å². The number of carbonyl (C=O) groups is 1. The minimum atomic E-state index is -3.66. The number of nitrogens with one attached hydrogen (secondary N) is 1. The number of halogens is 1. The van der Waals surface area contributed by atoms with Gasteiger partial charge < -0.3 is 4.90 Å². The van der Waals surface area contributed by atoms with E-state index in [9.17, 15) is 13.2 Å². The fourth-order valence-corrected chi connectivity index (χ4v) is 4.41. The fraction of sp³-hybridized carbons (Fsp3) is 0.235. The van der Waals surface area contributed by atoms with Crippen molar-refractivity contribution in [1.29, 1.82) is 0 Å². The molecule has 0 spiro atoms. The second-order valence-electron chi connectivity index (χ2n) is 5.64. The summed E-state index contributed by atoms with van der Waals surface area (Å²) < 4.78 is 27.2. The molecule has 24 heavy (non-hydrogen) atoms. The number of hydrogen-bond acceptors (Lipinski definition) is 3. The minimum Gasteiger partial charge on any atom is -0.311 e. The third-order valence-corrected chi connectivity index (χ3v) is 5.60. The largest absolute Gasteiger partial charge is 0.311 e. The Morgan fingerprint density at radius 3 is 2.46 bits per heavy atom. The molecule has 3 rings (SSSR count). The summed E-state index contributed by atoms with van der Waals surface area (Å²) in [6.45, 7) is 0.488. The van der Waals surface area contributed by atoms with E-state index in [0.29, 0.717) is 23.6 Å². The molecule has 1 heterocycles. The molecule has 0 saturated carbocycles. The van der Waals surface area contributed by atoms with Crippen LogP contribution in [0.1, 0.15) is 12.0 Å². The van der Waals surface area contributed by atoms with Crippen LogP contribution in [0.25, 0.3) is 0 Å². The van der Waals surface area contributed by atoms with Crippen molar-refractivity contribution in [3.8, 4) is 0 Å². The highest BCUT2D eigenvalue weighted by atomic mass is 35.5. The summed E-state index contributed by atoms with van der Waals surface area (Å²) in [5, 5.41) is 0.395. The average molecular weight is 365 g/mol. The van der Waals surface area contributed by atoms with Crippen LogP contribution in [0.5, 0.6) is 0 Å². The van der Waals surface area contributed by atoms with Crippen molar-refractivity contribution in [3.05, 3.63) is 65.2 Å². The van der Waals surface area contributed by atoms with Crippen LogP contribution < -0.4 is 9.62 Å². The summed E-state index contributed by atoms with van der Waals surface area (Å²) >= 11 is 6.01. The number of benzene rings is 2. The molecule has 1 aliphatic heterocycles. The molecule has 1 amide bonds. The summed E-state index contributed by atoms with van der Waals surface area (Å²) in [6.07, 6.45) is 0.440. The lowest BCUT2D eigenvalue weighted by molar-refractivity contribution is -0.118. The van der Waals surface area contributed by atoms with Crippen molar-refractivity contribution in [3.63, 3.8) is 0 Å². The predicted molar refractivity (Wildman–Crippen MR) is 94.4 cm³/mol. The second kappa shape index (κ2) is 6.93. The van der Waals surface area contributed by atoms with Gasteiger partial charge >= 0.3 is 0 Å². The number of rotatable bonds is 5. The summed E-state index contributed by atoms with van der Waals surface area (Å²) in [7, 11) is -3.66. The first-order chi connectivity index (χ1) is 11.5. The fourth-order valence-electron chi connectivity index (χ4n) is 2.73. The van der Waals surface area contributed by atoms with Crippen molar-refractivity contribution in [2.75, 3.05) is 11.4 Å². The molecule has 1 unspecified atom stereocenters. The molecule has 0 aliphatic carbocycles. The molecule has 1 atom stereocenters. The van der Waals surface area contributed by atoms with E-state index in [1.165, 1.54) is 0 Å². The Balaban J connectivity index is 1.70. The van der Waals surface area contributed by atoms with Crippen molar-refractivity contribution >= 4 is 33.2 Å². The summed E-state index contributed by atoms with van der Waals surface area (Å²) in [6, 6.07) is 15.3. The molecule has 1 saturated heterocycles. The van der Waals surface area contributed by atoms with E-state index in [1.54, 1.807) is 29.2 Å². The number of sulfonamides is 1. The average Bonchev–Trinajstić information content (AvgIpc) is 2.91. The Bertz CT molecular complexity index is 840. The number of para-hydroxylation sites is 1. The van der Waals surface area contributed by atoms with E-state index in [0.717, 1.165) is 5.69 Å². The van der Waals surface area contributed by atoms with Crippen molar-refractivity contribution in [1.82, 2.24) is 4.72 Å². The van der Waals surface area contributed by atoms with Crippen LogP contribution in [0, 0.1) is 0 Å². The Morgan fingerprint density at radius 2 is 1.75 bits per heavy atom. The molecule has 2 aromatic carbocycles. The molecule has 2 aromatic rings. The lowest BCUT2D eigenvalue weighted by Gasteiger charge is -2.17. The topological polar surface area (TPSA) is 66.5 Å². The van der Waals surface area contributed by atoms with Gasteiger partial charge in [0.25, 0.3) is 0 Å². The summed E-state index contributed by atoms with van der Waals surface area (Å²) in [5.41, 5.74) is 1.28. The first-order valence-corrected chi connectivity index (χ1v) is 9.59. The molecular weight excluding hydrogens is 348 g/mol. The Morgan fingerprint density at radius 1 is 1.08 bits per heavy atom. The first-order valence-electron chi connectivity index (χ1n) is 7.56. The predicted octanol–water partition coefficient (Wildman–Crippen LogP) is 2.56. The zero-order valence-electron chi connectivity index (χ0n) is 12.9. The van der Waals surface area contributed by atoms with Gasteiger partial charge in [-0.3, -0.25) is 4.79 Å². The molecule has 0 aromatic heterocycles. The summed E-state index contributed by atoms with van der Waals surface area (Å²) in [5.74, 6) is -0.481. The van der Waals surface area contributed by atoms with Gasteiger partial charge in [-0.1, -0.05) is 48.0 Å². The highest BCUT2D eigenvalue weighted by molar-refractivity contribution is 7.88. The van der Waals surface area contributed by atoms with E-state index in [4.69, 9.17) is 11.6 Å². The van der Waals surface area contributed by atoms with Gasteiger partial charge in [0.2, 0.25) is 15.9 Å². The van der Waals surface area contributed by atoms with Gasteiger partial charge in [0, 0.05) is 17.3 Å². The zero-order chi connectivity index (χ0) is 17.2. The molecular formula is C17H17ClN2O3S. The molecule has 126 valence electrons. The smallest absolute Gasteiger partial charge is 0.245 e. The molecule has 0 radical (unpaired) electrons. The molecule has 1 N–H and O–H groups in total. The van der Waals surface area contributed by atoms with Gasteiger partial charge in [-0.2, -0.15) is 0 Å². The van der Waals surface area contributed by atoms with E-state index in [-0.39, 0.29) is 11.7 Å². The van der Waals surface area contributed by atoms with Crippen LogP contribution in [0.4, 0.5) is 5.69 Å². The van der Waals surface area contributed by atoms with Crippen LogP contribution >= 0.6 is 11.6 Å². The second-order valence-corrected chi connectivity index (χ2v) is 7.80. The van der Waals surface area contributed by atoms with E-state index in [1.807, 2.05) is 30.3 Å². The van der Waals surface area contributed by atoms with Gasteiger partial charge in [-0.15, -0.1) is 0 Å². The molecule has 7 heteroatoms. The van der Waals surface area contributed by atoms with Crippen molar-refractivity contribution in [2.24, 2.45) is 0 Å². The maximum atomic E-state index is 12.5. The normalized spacial score (nSPS) is 18.1. The van der Waals surface area contributed by atoms with Gasteiger partial charge in [0.15, 0.2) is 0 Å². The molecule has 1 aliphatic rings. The molecule has 5 nitrogen and oxygen atoms in total. The number of anilines is 1. The number of hydrogen-bond donors (Lipinski definition) is 1. The summed E-state index contributed by atoms with van der Waals surface area (Å²) in [4.78, 5) is 14.1. The zero-order valence-corrected chi connectivity index (χ0v) is 14.4. The maximum absolute atomic E-state index is 12.5. The Labute approximate surface area is 146 Å². The third kappa shape index (κ3) is 3.77. The minimum absolute atomic E-state index is 0.232. The highest BCUT2D eigenvalue weighted by Crippen LogP contribution is 2.22. The quantitative estimate of drug-likeness (QED) is 0.886. The van der Waals surface area contributed by atoms with Crippen molar-refractivity contribution in [2.45, 2.75) is 18.2 Å². The maximum Gasteiger partial charge on any atom is 0.245 e. The van der Waals surface area contributed by atoms with Crippen molar-refractivity contribution < 1.29 is 13.2 Å². The Hall–Kier alpha value is -1.89. The van der Waals surface area contributed by atoms with Crippen LogP contribution in [-0.4, -0.2) is 26.9 Å². The lowest BCUT2D eigenvalue weighted by Crippen LogP contribution is -2.42. The highest BCUT2D eigenvalue weighted by Gasteiger charge is 2.35. The van der Waals surface area contributed by atoms with Gasteiger partial charge in [0.05, 0.1) is 5.75 Å². The lowest BCUT2D eigenvalue weighted by atomic mass is 10.2. The number of nitrogens with zero attached hydrogens (tertiary/aromatic N) is 1. The van der Waals surface area contributed by atoms with Crippen LogP contribution in [0.3, 0.4) is 0 Å². The number of carbonyl (C=O) groups excluding carboxylic acids is 1. The molecule has 0 bridgehead atoms. The van der Waals surface area contributed by atoms with Crippen LogP contribution in [0.15, 0.2) is 54.6 Å². The van der Waals surface area contributed by atoms with E-state index >= 15 is 0 Å². The molecule has 1 fully saturated rings. The van der Waals surface area contributed by atoms with Gasteiger partial charge in [-0.25, -0.2) is 13.1 Å². The van der Waals surface area contributed by atoms with Crippen LogP contribution in [-0.2, 0) is 20.6 Å². The number of amides is 1. The standard InChI is InChI=1S/C17H17ClN2O3S/c18-15-9-5-4-6-13(15)12-24(22,23)19-16-10-11-20(17(16)21)14-7-2-1-3-8-14/h1-9,16,19H,10-12H2. The Kier molecular flexibility index (Phi) is 4.89. The monoisotopic (exact) mass is 364 g/mol. The van der Waals surface area contributed by atoms with Gasteiger partial charge in [0.1, 0.15) is 6.04 Å². The van der Waals surface area contributed by atoms with Crippen LogP contribution in [0.2, 0.25) is 5.02 Å².